The van der Waals surface area contributed by atoms with Gasteiger partial charge >= 0.3 is 6.18 Å². The number of halogens is 3. The molecular formula is C10H20F3N3O. The minimum atomic E-state index is -4.22. The average Bonchev–Trinajstić information content (AvgIpc) is 2.20. The highest BCUT2D eigenvalue weighted by molar-refractivity contribution is 5.76. The molecule has 102 valence electrons. The predicted molar refractivity (Wildman–Crippen MR) is 59.5 cm³/mol. The van der Waals surface area contributed by atoms with E-state index in [-0.39, 0.29) is 18.9 Å². The normalized spacial score (nSPS) is 11.9. The van der Waals surface area contributed by atoms with E-state index in [9.17, 15) is 18.0 Å². The maximum absolute atomic E-state index is 12.0. The lowest BCUT2D eigenvalue weighted by atomic mass is 10.3. The summed E-state index contributed by atoms with van der Waals surface area (Å²) in [6, 6.07) is 0. The maximum Gasteiger partial charge on any atom is 0.401 e. The number of hydrogen-bond donors (Lipinski definition) is 1. The van der Waals surface area contributed by atoms with E-state index in [2.05, 4.69) is 0 Å². The Kier molecular flexibility index (Phi) is 7.13. The minimum Gasteiger partial charge on any atom is -0.346 e. The third-order valence-electron chi connectivity index (χ3n) is 2.28. The lowest BCUT2D eigenvalue weighted by molar-refractivity contribution is -0.145. The Balaban J connectivity index is 3.83. The van der Waals surface area contributed by atoms with Crippen LogP contribution >= 0.6 is 0 Å². The molecule has 0 aliphatic carbocycles. The molecule has 0 saturated carbocycles. The van der Waals surface area contributed by atoms with Gasteiger partial charge in [-0.3, -0.25) is 9.69 Å². The molecule has 0 aliphatic heterocycles. The van der Waals surface area contributed by atoms with Crippen molar-refractivity contribution in [3.05, 3.63) is 0 Å². The van der Waals surface area contributed by atoms with E-state index < -0.39 is 12.7 Å². The number of carbonyl (C=O) groups excluding carboxylic acids is 1. The monoisotopic (exact) mass is 255 g/mol. The van der Waals surface area contributed by atoms with Crippen LogP contribution < -0.4 is 5.73 Å². The highest BCUT2D eigenvalue weighted by Crippen LogP contribution is 2.15. The Bertz CT molecular complexity index is 233. The van der Waals surface area contributed by atoms with Crippen LogP contribution in [0.3, 0.4) is 0 Å². The second-order valence-electron chi connectivity index (χ2n) is 4.06. The summed E-state index contributed by atoms with van der Waals surface area (Å²) in [7, 11) is 2.97. The van der Waals surface area contributed by atoms with E-state index in [4.69, 9.17) is 5.73 Å². The number of hydrogen-bond acceptors (Lipinski definition) is 3. The molecule has 0 aromatic rings. The fourth-order valence-electron chi connectivity index (χ4n) is 1.32. The van der Waals surface area contributed by atoms with Gasteiger partial charge in [0, 0.05) is 26.6 Å². The van der Waals surface area contributed by atoms with Crippen LogP contribution in [-0.2, 0) is 4.79 Å². The van der Waals surface area contributed by atoms with Gasteiger partial charge in [-0.15, -0.1) is 0 Å². The van der Waals surface area contributed by atoms with Gasteiger partial charge < -0.3 is 10.6 Å². The first kappa shape index (κ1) is 16.2. The number of nitrogens with zero attached hydrogens (tertiary/aromatic N) is 2. The molecule has 0 saturated heterocycles. The fourth-order valence-corrected chi connectivity index (χ4v) is 1.32. The number of nitrogens with two attached hydrogens (primary N) is 1. The number of rotatable bonds is 7. The Hall–Kier alpha value is -0.820. The smallest absolute Gasteiger partial charge is 0.346 e. The molecule has 2 N–H and O–H groups in total. The highest BCUT2D eigenvalue weighted by Gasteiger charge is 2.29. The molecule has 0 bridgehead atoms. The average molecular weight is 255 g/mol. The molecule has 0 rings (SSSR count). The molecule has 0 spiro atoms. The summed E-state index contributed by atoms with van der Waals surface area (Å²) in [6.45, 7) is 0.141. The van der Waals surface area contributed by atoms with Crippen LogP contribution in [0.2, 0.25) is 0 Å². The SMILES string of the molecule is CN(CCC(=O)N(C)CCCN)CC(F)(F)F. The van der Waals surface area contributed by atoms with Gasteiger partial charge in [-0.25, -0.2) is 0 Å². The van der Waals surface area contributed by atoms with Crippen LogP contribution in [0.1, 0.15) is 12.8 Å². The quantitative estimate of drug-likeness (QED) is 0.727. The van der Waals surface area contributed by atoms with Gasteiger partial charge in [-0.05, 0) is 20.0 Å². The van der Waals surface area contributed by atoms with Crippen molar-refractivity contribution in [1.82, 2.24) is 9.80 Å². The van der Waals surface area contributed by atoms with Gasteiger partial charge in [-0.2, -0.15) is 13.2 Å². The maximum atomic E-state index is 12.0. The fraction of sp³-hybridized carbons (Fsp3) is 0.900. The Morgan fingerprint density at radius 1 is 1.24 bits per heavy atom. The summed E-state index contributed by atoms with van der Waals surface area (Å²) < 4.78 is 36.0. The first-order chi connectivity index (χ1) is 7.76. The van der Waals surface area contributed by atoms with Gasteiger partial charge in [-0.1, -0.05) is 0 Å². The molecule has 0 unspecified atom stereocenters. The van der Waals surface area contributed by atoms with Crippen molar-refractivity contribution in [3.63, 3.8) is 0 Å². The topological polar surface area (TPSA) is 49.6 Å². The van der Waals surface area contributed by atoms with Crippen LogP contribution in [0.5, 0.6) is 0 Å². The van der Waals surface area contributed by atoms with E-state index in [1.807, 2.05) is 0 Å². The van der Waals surface area contributed by atoms with Crippen molar-refractivity contribution in [2.75, 3.05) is 40.3 Å². The van der Waals surface area contributed by atoms with Gasteiger partial charge in [0.1, 0.15) is 0 Å². The van der Waals surface area contributed by atoms with E-state index in [0.29, 0.717) is 19.5 Å². The predicted octanol–water partition coefficient (Wildman–Crippen LogP) is 0.678. The molecule has 0 radical (unpaired) electrons. The summed E-state index contributed by atoms with van der Waals surface area (Å²) in [5, 5.41) is 0. The van der Waals surface area contributed by atoms with Gasteiger partial charge in [0.2, 0.25) is 5.91 Å². The summed E-state index contributed by atoms with van der Waals surface area (Å²) in [6.07, 6.45) is -3.43. The van der Waals surface area contributed by atoms with E-state index in [0.717, 1.165) is 4.90 Å². The first-order valence-corrected chi connectivity index (χ1v) is 5.45. The van der Waals surface area contributed by atoms with Crippen molar-refractivity contribution >= 4 is 5.91 Å². The summed E-state index contributed by atoms with van der Waals surface area (Å²) >= 11 is 0. The molecule has 0 atom stereocenters. The highest BCUT2D eigenvalue weighted by atomic mass is 19.4. The minimum absolute atomic E-state index is 0.0909. The zero-order chi connectivity index (χ0) is 13.5. The van der Waals surface area contributed by atoms with Crippen LogP contribution in [0, 0.1) is 0 Å². The third kappa shape index (κ3) is 8.93. The molecule has 1 amide bonds. The molecule has 0 fully saturated rings. The molecule has 0 heterocycles. The molecule has 17 heavy (non-hydrogen) atoms. The van der Waals surface area contributed by atoms with Gasteiger partial charge in [0.05, 0.1) is 6.54 Å². The molecule has 0 aromatic carbocycles. The third-order valence-corrected chi connectivity index (χ3v) is 2.28. The Morgan fingerprint density at radius 3 is 2.29 bits per heavy atom. The summed E-state index contributed by atoms with van der Waals surface area (Å²) in [5.41, 5.74) is 5.30. The summed E-state index contributed by atoms with van der Waals surface area (Å²) in [4.78, 5) is 14.1. The molecule has 0 aliphatic rings. The van der Waals surface area contributed by atoms with E-state index in [1.54, 1.807) is 7.05 Å². The Morgan fingerprint density at radius 2 is 1.82 bits per heavy atom. The lowest BCUT2D eigenvalue weighted by Crippen LogP contribution is -2.35. The zero-order valence-electron chi connectivity index (χ0n) is 10.3. The van der Waals surface area contributed by atoms with Crippen LogP contribution in [0.15, 0.2) is 0 Å². The van der Waals surface area contributed by atoms with Crippen molar-refractivity contribution in [3.8, 4) is 0 Å². The van der Waals surface area contributed by atoms with Crippen LogP contribution in [0.4, 0.5) is 13.2 Å². The van der Waals surface area contributed by atoms with Crippen molar-refractivity contribution in [1.29, 1.82) is 0 Å². The Labute approximate surface area is 99.5 Å². The van der Waals surface area contributed by atoms with Gasteiger partial charge in [0.25, 0.3) is 0 Å². The number of amides is 1. The summed E-state index contributed by atoms with van der Waals surface area (Å²) in [5.74, 6) is -0.160. The number of carbonyl (C=O) groups is 1. The molecule has 7 heteroatoms. The standard InChI is InChI=1S/C10H20F3N3O/c1-15(8-10(11,12)13)7-4-9(17)16(2)6-3-5-14/h3-8,14H2,1-2H3. The van der Waals surface area contributed by atoms with Crippen molar-refractivity contribution < 1.29 is 18.0 Å². The zero-order valence-corrected chi connectivity index (χ0v) is 10.3. The van der Waals surface area contributed by atoms with Crippen LogP contribution in [-0.4, -0.2) is 62.2 Å². The van der Waals surface area contributed by atoms with Gasteiger partial charge in [0.15, 0.2) is 0 Å². The van der Waals surface area contributed by atoms with E-state index >= 15 is 0 Å². The molecule has 0 aromatic heterocycles. The lowest BCUT2D eigenvalue weighted by Gasteiger charge is -2.21. The largest absolute Gasteiger partial charge is 0.401 e. The van der Waals surface area contributed by atoms with E-state index in [1.165, 1.54) is 11.9 Å². The van der Waals surface area contributed by atoms with Crippen molar-refractivity contribution in [2.24, 2.45) is 5.73 Å². The molecule has 4 nitrogen and oxygen atoms in total. The second-order valence-corrected chi connectivity index (χ2v) is 4.06. The molecular weight excluding hydrogens is 235 g/mol. The van der Waals surface area contributed by atoms with Crippen LogP contribution in [0.25, 0.3) is 0 Å². The second kappa shape index (κ2) is 7.50. The number of alkyl halides is 3. The first-order valence-electron chi connectivity index (χ1n) is 5.45. The van der Waals surface area contributed by atoms with Crippen molar-refractivity contribution in [2.45, 2.75) is 19.0 Å².